The van der Waals surface area contributed by atoms with Gasteiger partial charge in [-0.15, -0.1) is 0 Å². The molecule has 7 heteroatoms. The van der Waals surface area contributed by atoms with Crippen molar-refractivity contribution in [3.63, 3.8) is 0 Å². The normalized spacial score (nSPS) is 23.3. The third kappa shape index (κ3) is 5.62. The highest BCUT2D eigenvalue weighted by molar-refractivity contribution is 7.67. The van der Waals surface area contributed by atoms with E-state index in [4.69, 9.17) is 14.0 Å². The largest absolute Gasteiger partial charge is 0.493 e. The van der Waals surface area contributed by atoms with Crippen LogP contribution in [0.3, 0.4) is 0 Å². The zero-order valence-electron chi connectivity index (χ0n) is 21.5. The number of aliphatic hydroxyl groups is 1. The molecule has 1 fully saturated rings. The summed E-state index contributed by atoms with van der Waals surface area (Å²) >= 11 is 0. The summed E-state index contributed by atoms with van der Waals surface area (Å²) < 4.78 is 32.1. The van der Waals surface area contributed by atoms with Crippen LogP contribution < -0.4 is 19.7 Å². The zero-order valence-corrected chi connectivity index (χ0v) is 22.4. The first-order valence-corrected chi connectivity index (χ1v) is 13.8. The van der Waals surface area contributed by atoms with E-state index in [1.54, 1.807) is 32.4 Å². The van der Waals surface area contributed by atoms with Crippen molar-refractivity contribution < 1.29 is 23.7 Å². The summed E-state index contributed by atoms with van der Waals surface area (Å²) in [6.45, 7) is 6.60. The Balaban J connectivity index is 2.07. The molecule has 0 aromatic heterocycles. The van der Waals surface area contributed by atoms with Crippen molar-refractivity contribution >= 4 is 18.4 Å². The Kier molecular flexibility index (Phi) is 8.72. The maximum atomic E-state index is 14.7. The quantitative estimate of drug-likeness (QED) is 0.446. The molecular formula is C27H40NO5P. The minimum Gasteiger partial charge on any atom is -0.493 e. The molecule has 2 aromatic carbocycles. The van der Waals surface area contributed by atoms with Crippen molar-refractivity contribution in [2.75, 3.05) is 33.2 Å². The summed E-state index contributed by atoms with van der Waals surface area (Å²) in [6, 6.07) is 12.6. The summed E-state index contributed by atoms with van der Waals surface area (Å²) in [5, 5.41) is 12.1. The Labute approximate surface area is 204 Å². The number of anilines is 1. The van der Waals surface area contributed by atoms with E-state index >= 15 is 0 Å². The number of aliphatic hydroxyl groups excluding tert-OH is 1. The number of hydrogen-bond acceptors (Lipinski definition) is 6. The summed E-state index contributed by atoms with van der Waals surface area (Å²) in [5.41, 5.74) is 1.46. The van der Waals surface area contributed by atoms with Crippen molar-refractivity contribution in [3.05, 3.63) is 48.0 Å². The highest BCUT2D eigenvalue weighted by atomic mass is 31.2. The van der Waals surface area contributed by atoms with Gasteiger partial charge in [0.05, 0.1) is 20.3 Å². The van der Waals surface area contributed by atoms with Crippen molar-refractivity contribution in [3.8, 4) is 11.5 Å². The summed E-state index contributed by atoms with van der Waals surface area (Å²) in [6.07, 6.45) is 2.83. The van der Waals surface area contributed by atoms with Gasteiger partial charge in [0, 0.05) is 25.1 Å². The van der Waals surface area contributed by atoms with Gasteiger partial charge in [0.2, 0.25) is 0 Å². The standard InChI is InChI=1S/C27H40NO5P/c1-18(2)23-14-8-19(3)16-25(23)33-34(30,22-12-10-21(11-13-22)28(4)5)27(29)20-9-15-24(31-6)26(17-20)32-7/h9-13,15,17-19,23,25,27,29H,8,14,16H2,1-7H3/t19-,23+,25+,27-,34-/m0/s1. The van der Waals surface area contributed by atoms with E-state index in [-0.39, 0.29) is 6.10 Å². The van der Waals surface area contributed by atoms with E-state index in [0.29, 0.717) is 40.1 Å². The number of rotatable bonds is 9. The van der Waals surface area contributed by atoms with Crippen LogP contribution in [0.5, 0.6) is 11.5 Å². The van der Waals surface area contributed by atoms with Crippen LogP contribution >= 0.6 is 7.37 Å². The molecule has 0 unspecified atom stereocenters. The number of methoxy groups -OCH3 is 2. The van der Waals surface area contributed by atoms with Crippen LogP contribution in [0.2, 0.25) is 0 Å². The lowest BCUT2D eigenvalue weighted by molar-refractivity contribution is 0.0427. The van der Waals surface area contributed by atoms with Crippen LogP contribution in [-0.4, -0.2) is 39.5 Å². The molecule has 188 valence electrons. The second kappa shape index (κ2) is 11.2. The maximum absolute atomic E-state index is 14.7. The van der Waals surface area contributed by atoms with Crippen LogP contribution in [0, 0.1) is 17.8 Å². The minimum atomic E-state index is -3.72. The Morgan fingerprint density at radius 3 is 2.21 bits per heavy atom. The van der Waals surface area contributed by atoms with E-state index in [9.17, 15) is 9.67 Å². The second-order valence-corrected chi connectivity index (χ2v) is 12.4. The fraction of sp³-hybridized carbons (Fsp3) is 0.556. The monoisotopic (exact) mass is 489 g/mol. The van der Waals surface area contributed by atoms with E-state index < -0.39 is 13.2 Å². The van der Waals surface area contributed by atoms with Crippen LogP contribution in [0.25, 0.3) is 0 Å². The topological polar surface area (TPSA) is 68.2 Å². The molecular weight excluding hydrogens is 449 g/mol. The van der Waals surface area contributed by atoms with Gasteiger partial charge in [-0.25, -0.2) is 0 Å². The molecule has 1 saturated carbocycles. The third-order valence-corrected chi connectivity index (χ3v) is 9.55. The molecule has 1 N–H and O–H groups in total. The average Bonchev–Trinajstić information content (AvgIpc) is 2.82. The zero-order chi connectivity index (χ0) is 25.0. The highest BCUT2D eigenvalue weighted by Gasteiger charge is 2.43. The lowest BCUT2D eigenvalue weighted by Gasteiger charge is -2.40. The fourth-order valence-electron chi connectivity index (χ4n) is 4.86. The SMILES string of the molecule is COc1ccc([C@@H](O)[P@@](=O)(O[C@@H]2C[C@@H](C)CC[C@@H]2C(C)C)c2ccc(N(C)C)cc2)cc1OC. The number of hydrogen-bond donors (Lipinski definition) is 1. The summed E-state index contributed by atoms with van der Waals surface area (Å²) in [4.78, 5) is 1.98. The number of ether oxygens (including phenoxy) is 2. The summed E-state index contributed by atoms with van der Waals surface area (Å²) in [5.74, 6) is 0.874. The van der Waals surface area contributed by atoms with Crippen molar-refractivity contribution in [2.45, 2.75) is 52.0 Å². The van der Waals surface area contributed by atoms with E-state index in [2.05, 4.69) is 20.8 Å². The van der Waals surface area contributed by atoms with E-state index in [1.165, 1.54) is 0 Å². The third-order valence-electron chi connectivity index (χ3n) is 7.01. The van der Waals surface area contributed by atoms with Gasteiger partial charge >= 0.3 is 0 Å². The van der Waals surface area contributed by atoms with Crippen molar-refractivity contribution in [1.82, 2.24) is 0 Å². The number of nitrogens with zero attached hydrogens (tertiary/aromatic N) is 1. The molecule has 0 spiro atoms. The first-order chi connectivity index (χ1) is 16.1. The van der Waals surface area contributed by atoms with Gasteiger partial charge in [-0.1, -0.05) is 33.3 Å². The van der Waals surface area contributed by atoms with Crippen LogP contribution in [0.4, 0.5) is 5.69 Å². The first-order valence-electron chi connectivity index (χ1n) is 12.1. The molecule has 1 aliphatic carbocycles. The molecule has 3 rings (SSSR count). The van der Waals surface area contributed by atoms with Gasteiger partial charge in [-0.2, -0.15) is 0 Å². The van der Waals surface area contributed by atoms with Gasteiger partial charge in [0.1, 0.15) is 0 Å². The Bertz CT molecular complexity index is 991. The van der Waals surface area contributed by atoms with Crippen LogP contribution in [0.15, 0.2) is 42.5 Å². The van der Waals surface area contributed by atoms with Crippen molar-refractivity contribution in [1.29, 1.82) is 0 Å². The molecule has 2 aromatic rings. The first kappa shape index (κ1) is 26.6. The van der Waals surface area contributed by atoms with Gasteiger partial charge in [-0.3, -0.25) is 4.57 Å². The highest BCUT2D eigenvalue weighted by Crippen LogP contribution is 2.61. The van der Waals surface area contributed by atoms with E-state index in [1.807, 2.05) is 43.3 Å². The minimum absolute atomic E-state index is 0.182. The molecule has 6 nitrogen and oxygen atoms in total. The van der Waals surface area contributed by atoms with Gasteiger partial charge in [0.15, 0.2) is 17.3 Å². The second-order valence-electron chi connectivity index (χ2n) is 9.97. The lowest BCUT2D eigenvalue weighted by Crippen LogP contribution is -2.35. The van der Waals surface area contributed by atoms with Gasteiger partial charge in [0.25, 0.3) is 7.37 Å². The van der Waals surface area contributed by atoms with Gasteiger partial charge < -0.3 is 24.0 Å². The van der Waals surface area contributed by atoms with Crippen LogP contribution in [-0.2, 0) is 9.09 Å². The van der Waals surface area contributed by atoms with Crippen molar-refractivity contribution in [2.24, 2.45) is 17.8 Å². The molecule has 0 aliphatic heterocycles. The molecule has 5 atom stereocenters. The number of benzene rings is 2. The van der Waals surface area contributed by atoms with E-state index in [0.717, 1.165) is 24.9 Å². The molecule has 0 heterocycles. The Hall–Kier alpha value is -2.01. The predicted molar refractivity (Wildman–Crippen MR) is 139 cm³/mol. The average molecular weight is 490 g/mol. The molecule has 0 amide bonds. The maximum Gasteiger partial charge on any atom is 0.264 e. The molecule has 1 aliphatic rings. The van der Waals surface area contributed by atoms with Crippen LogP contribution in [0.1, 0.15) is 51.4 Å². The Morgan fingerprint density at radius 2 is 1.65 bits per heavy atom. The fourth-order valence-corrected chi connectivity index (χ4v) is 7.15. The molecule has 0 radical (unpaired) electrons. The smallest absolute Gasteiger partial charge is 0.264 e. The molecule has 0 bridgehead atoms. The Morgan fingerprint density at radius 1 is 1.00 bits per heavy atom. The predicted octanol–water partition coefficient (Wildman–Crippen LogP) is 5.84. The molecule has 0 saturated heterocycles. The molecule has 34 heavy (non-hydrogen) atoms. The lowest BCUT2D eigenvalue weighted by atomic mass is 9.75. The van der Waals surface area contributed by atoms with Gasteiger partial charge in [-0.05, 0) is 72.6 Å². The summed E-state index contributed by atoms with van der Waals surface area (Å²) in [7, 11) is 3.30.